The van der Waals surface area contributed by atoms with Gasteiger partial charge in [-0.05, 0) is 30.1 Å². The van der Waals surface area contributed by atoms with E-state index in [9.17, 15) is 9.59 Å². The van der Waals surface area contributed by atoms with Crippen LogP contribution in [-0.4, -0.2) is 23.0 Å². The third-order valence-corrected chi connectivity index (χ3v) is 3.90. The Morgan fingerprint density at radius 3 is 2.22 bits per heavy atom. The van der Waals surface area contributed by atoms with Crippen LogP contribution in [0.2, 0.25) is 0 Å². The van der Waals surface area contributed by atoms with Crippen molar-refractivity contribution in [1.29, 1.82) is 0 Å². The van der Waals surface area contributed by atoms with E-state index >= 15 is 0 Å². The fourth-order valence-corrected chi connectivity index (χ4v) is 1.87. The highest BCUT2D eigenvalue weighted by molar-refractivity contribution is 5.77. The molecule has 0 radical (unpaired) electrons. The lowest BCUT2D eigenvalue weighted by Gasteiger charge is -2.27. The van der Waals surface area contributed by atoms with Gasteiger partial charge in [-0.3, -0.25) is 9.59 Å². The molecular weight excluding hydrogens is 230 g/mol. The molecule has 0 spiro atoms. The van der Waals surface area contributed by atoms with Crippen LogP contribution < -0.4 is 5.32 Å². The number of amides is 1. The summed E-state index contributed by atoms with van der Waals surface area (Å²) in [5.74, 6) is -0.205. The van der Waals surface area contributed by atoms with Gasteiger partial charge in [-0.1, -0.05) is 27.7 Å². The van der Waals surface area contributed by atoms with Gasteiger partial charge in [0.15, 0.2) is 0 Å². The Hall–Kier alpha value is -1.06. The summed E-state index contributed by atoms with van der Waals surface area (Å²) < 4.78 is 0. The number of rotatable bonds is 6. The zero-order valence-electron chi connectivity index (χ0n) is 11.8. The predicted octanol–water partition coefficient (Wildman–Crippen LogP) is 2.43. The van der Waals surface area contributed by atoms with Gasteiger partial charge >= 0.3 is 5.97 Å². The van der Waals surface area contributed by atoms with E-state index < -0.39 is 5.97 Å². The maximum absolute atomic E-state index is 11.9. The summed E-state index contributed by atoms with van der Waals surface area (Å²) in [5.41, 5.74) is 0.0964. The zero-order valence-corrected chi connectivity index (χ0v) is 11.8. The second kappa shape index (κ2) is 5.72. The van der Waals surface area contributed by atoms with Crippen molar-refractivity contribution in [3.63, 3.8) is 0 Å². The molecule has 2 unspecified atom stereocenters. The van der Waals surface area contributed by atoms with Crippen molar-refractivity contribution >= 4 is 11.9 Å². The molecule has 0 bridgehead atoms. The largest absolute Gasteiger partial charge is 0.481 e. The van der Waals surface area contributed by atoms with Gasteiger partial charge in [-0.15, -0.1) is 0 Å². The number of carbonyl (C=O) groups excluding carboxylic acids is 1. The molecule has 1 fully saturated rings. The van der Waals surface area contributed by atoms with Crippen LogP contribution in [0.4, 0.5) is 0 Å². The van der Waals surface area contributed by atoms with E-state index in [1.54, 1.807) is 0 Å². The Morgan fingerprint density at radius 1 is 1.28 bits per heavy atom. The number of carboxylic acid groups (broad SMARTS) is 1. The van der Waals surface area contributed by atoms with Crippen LogP contribution in [0.25, 0.3) is 0 Å². The van der Waals surface area contributed by atoms with E-state index in [1.165, 1.54) is 0 Å². The Kier molecular flexibility index (Phi) is 4.77. The summed E-state index contributed by atoms with van der Waals surface area (Å²) >= 11 is 0. The molecule has 2 N–H and O–H groups in total. The molecule has 4 heteroatoms. The molecule has 0 aromatic heterocycles. The van der Waals surface area contributed by atoms with E-state index in [-0.39, 0.29) is 29.7 Å². The van der Waals surface area contributed by atoms with Gasteiger partial charge in [0.1, 0.15) is 0 Å². The first-order valence-electron chi connectivity index (χ1n) is 6.71. The van der Waals surface area contributed by atoms with Crippen LogP contribution in [0.1, 0.15) is 53.4 Å². The standard InChI is InChI=1S/C14H25NO3/c1-9(14(2,3)4)7-12(16)15-11(8-13(17)18)10-5-6-10/h9-11H,5-8H2,1-4H3,(H,15,16)(H,17,18). The van der Waals surface area contributed by atoms with Crippen LogP contribution >= 0.6 is 0 Å². The first-order chi connectivity index (χ1) is 8.20. The molecule has 0 heterocycles. The second-order valence-corrected chi connectivity index (χ2v) is 6.58. The van der Waals surface area contributed by atoms with Crippen molar-refractivity contribution in [3.8, 4) is 0 Å². The minimum atomic E-state index is -0.837. The second-order valence-electron chi connectivity index (χ2n) is 6.58. The summed E-state index contributed by atoms with van der Waals surface area (Å²) in [7, 11) is 0. The van der Waals surface area contributed by atoms with E-state index in [0.29, 0.717) is 12.3 Å². The Balaban J connectivity index is 2.44. The molecule has 0 aliphatic heterocycles. The Bertz CT molecular complexity index is 315. The molecule has 104 valence electrons. The molecule has 0 aromatic rings. The number of carboxylic acids is 1. The number of hydrogen-bond acceptors (Lipinski definition) is 2. The lowest BCUT2D eigenvalue weighted by atomic mass is 9.80. The average Bonchev–Trinajstić information content (AvgIpc) is 2.96. The fraction of sp³-hybridized carbons (Fsp3) is 0.857. The summed E-state index contributed by atoms with van der Waals surface area (Å²) in [5, 5.41) is 11.7. The normalized spacial score (nSPS) is 19.1. The highest BCUT2D eigenvalue weighted by atomic mass is 16.4. The molecule has 1 amide bonds. The van der Waals surface area contributed by atoms with Crippen LogP contribution in [0.15, 0.2) is 0 Å². The maximum Gasteiger partial charge on any atom is 0.305 e. The summed E-state index contributed by atoms with van der Waals surface area (Å²) in [6.45, 7) is 8.39. The van der Waals surface area contributed by atoms with Crippen molar-refractivity contribution in [1.82, 2.24) is 5.32 Å². The summed E-state index contributed by atoms with van der Waals surface area (Å²) in [4.78, 5) is 22.7. The van der Waals surface area contributed by atoms with Gasteiger partial charge in [0, 0.05) is 12.5 Å². The minimum absolute atomic E-state index is 0.0180. The number of aliphatic carboxylic acids is 1. The molecule has 0 saturated heterocycles. The SMILES string of the molecule is CC(CC(=O)NC(CC(=O)O)C1CC1)C(C)(C)C. The number of carbonyl (C=O) groups is 2. The molecule has 1 rings (SSSR count). The van der Waals surface area contributed by atoms with Crippen molar-refractivity contribution in [2.75, 3.05) is 0 Å². The highest BCUT2D eigenvalue weighted by Crippen LogP contribution is 2.34. The van der Waals surface area contributed by atoms with Crippen molar-refractivity contribution in [3.05, 3.63) is 0 Å². The van der Waals surface area contributed by atoms with Gasteiger partial charge in [-0.2, -0.15) is 0 Å². The third kappa shape index (κ3) is 5.07. The van der Waals surface area contributed by atoms with Crippen molar-refractivity contribution in [2.45, 2.75) is 59.4 Å². The number of hydrogen-bond donors (Lipinski definition) is 2. The first kappa shape index (κ1) is 15.0. The lowest BCUT2D eigenvalue weighted by Crippen LogP contribution is -2.39. The lowest BCUT2D eigenvalue weighted by molar-refractivity contribution is -0.138. The Morgan fingerprint density at radius 2 is 1.83 bits per heavy atom. The van der Waals surface area contributed by atoms with Gasteiger partial charge in [0.05, 0.1) is 6.42 Å². The topological polar surface area (TPSA) is 66.4 Å². The Labute approximate surface area is 109 Å². The zero-order chi connectivity index (χ0) is 13.9. The van der Waals surface area contributed by atoms with Crippen LogP contribution in [-0.2, 0) is 9.59 Å². The van der Waals surface area contributed by atoms with E-state index in [1.807, 2.05) is 0 Å². The molecule has 1 aliphatic carbocycles. The quantitative estimate of drug-likeness (QED) is 0.766. The predicted molar refractivity (Wildman–Crippen MR) is 70.1 cm³/mol. The van der Waals surface area contributed by atoms with Gasteiger partial charge < -0.3 is 10.4 Å². The molecule has 1 saturated carbocycles. The molecule has 4 nitrogen and oxygen atoms in total. The summed E-state index contributed by atoms with van der Waals surface area (Å²) in [6.07, 6.45) is 2.58. The minimum Gasteiger partial charge on any atom is -0.481 e. The van der Waals surface area contributed by atoms with Crippen molar-refractivity contribution < 1.29 is 14.7 Å². The highest BCUT2D eigenvalue weighted by Gasteiger charge is 2.34. The molecule has 0 aromatic carbocycles. The maximum atomic E-state index is 11.9. The molecule has 2 atom stereocenters. The van der Waals surface area contributed by atoms with Crippen LogP contribution in [0.5, 0.6) is 0 Å². The summed E-state index contributed by atoms with van der Waals surface area (Å²) in [6, 6.07) is -0.179. The fourth-order valence-electron chi connectivity index (χ4n) is 1.87. The smallest absolute Gasteiger partial charge is 0.305 e. The number of nitrogens with one attached hydrogen (secondary N) is 1. The molecule has 1 aliphatic rings. The molecular formula is C14H25NO3. The first-order valence-corrected chi connectivity index (χ1v) is 6.71. The van der Waals surface area contributed by atoms with Gasteiger partial charge in [0.2, 0.25) is 5.91 Å². The van der Waals surface area contributed by atoms with E-state index in [4.69, 9.17) is 5.11 Å². The monoisotopic (exact) mass is 255 g/mol. The average molecular weight is 255 g/mol. The van der Waals surface area contributed by atoms with Gasteiger partial charge in [-0.25, -0.2) is 0 Å². The van der Waals surface area contributed by atoms with Gasteiger partial charge in [0.25, 0.3) is 0 Å². The van der Waals surface area contributed by atoms with Crippen LogP contribution in [0, 0.1) is 17.3 Å². The molecule has 18 heavy (non-hydrogen) atoms. The third-order valence-electron chi connectivity index (χ3n) is 3.90. The van der Waals surface area contributed by atoms with Crippen molar-refractivity contribution in [2.24, 2.45) is 17.3 Å². The van der Waals surface area contributed by atoms with E-state index in [0.717, 1.165) is 12.8 Å². The van der Waals surface area contributed by atoms with Crippen LogP contribution in [0.3, 0.4) is 0 Å². The van der Waals surface area contributed by atoms with E-state index in [2.05, 4.69) is 33.0 Å².